The molecule has 0 fully saturated rings. The zero-order valence-electron chi connectivity index (χ0n) is 13.0. The van der Waals surface area contributed by atoms with Gasteiger partial charge >= 0.3 is 0 Å². The Balaban J connectivity index is 2.30. The van der Waals surface area contributed by atoms with Gasteiger partial charge in [0.2, 0.25) is 0 Å². The van der Waals surface area contributed by atoms with Crippen LogP contribution in [0.15, 0.2) is 72.2 Å². The molecule has 0 aliphatic rings. The van der Waals surface area contributed by atoms with Gasteiger partial charge in [0.15, 0.2) is 5.96 Å². The number of benzene rings is 3. The first-order valence-electron chi connectivity index (χ1n) is 7.41. The van der Waals surface area contributed by atoms with E-state index in [2.05, 4.69) is 17.6 Å². The maximum atomic E-state index is 9.51. The third-order valence-corrected chi connectivity index (χ3v) is 3.80. The number of hydrogen-bond acceptors (Lipinski definition) is 2. The number of nitrogens with two attached hydrogens (primary N) is 2. The summed E-state index contributed by atoms with van der Waals surface area (Å²) in [6.45, 7) is 3.90. The SMILES string of the molecule is C=C(N=C(N)N)c1ccc2ccc(C#N)c(-c3ccccc3)c2c1. The van der Waals surface area contributed by atoms with Gasteiger partial charge in [-0.3, -0.25) is 0 Å². The van der Waals surface area contributed by atoms with Crippen LogP contribution in [0.1, 0.15) is 11.1 Å². The minimum Gasteiger partial charge on any atom is -0.370 e. The van der Waals surface area contributed by atoms with Gasteiger partial charge in [-0.2, -0.15) is 5.26 Å². The minimum absolute atomic E-state index is 0.0332. The van der Waals surface area contributed by atoms with Crippen LogP contribution in [-0.4, -0.2) is 5.96 Å². The highest BCUT2D eigenvalue weighted by Gasteiger charge is 2.11. The molecule has 0 aromatic heterocycles. The van der Waals surface area contributed by atoms with Gasteiger partial charge in [0.1, 0.15) is 0 Å². The lowest BCUT2D eigenvalue weighted by Gasteiger charge is -2.11. The second-order valence-electron chi connectivity index (χ2n) is 5.39. The summed E-state index contributed by atoms with van der Waals surface area (Å²) in [6, 6.07) is 21.8. The molecule has 4 nitrogen and oxygen atoms in total. The summed E-state index contributed by atoms with van der Waals surface area (Å²) >= 11 is 0. The highest BCUT2D eigenvalue weighted by atomic mass is 15.0. The molecule has 0 saturated heterocycles. The van der Waals surface area contributed by atoms with E-state index in [1.54, 1.807) is 0 Å². The summed E-state index contributed by atoms with van der Waals surface area (Å²) in [5, 5.41) is 11.5. The highest BCUT2D eigenvalue weighted by Crippen LogP contribution is 2.33. The average molecular weight is 312 g/mol. The minimum atomic E-state index is -0.0332. The first-order valence-corrected chi connectivity index (χ1v) is 7.41. The van der Waals surface area contributed by atoms with Crippen LogP contribution in [0, 0.1) is 11.3 Å². The van der Waals surface area contributed by atoms with E-state index in [1.807, 2.05) is 60.7 Å². The van der Waals surface area contributed by atoms with Crippen molar-refractivity contribution in [2.45, 2.75) is 0 Å². The molecule has 0 heterocycles. The van der Waals surface area contributed by atoms with Crippen LogP contribution >= 0.6 is 0 Å². The van der Waals surface area contributed by atoms with Gasteiger partial charge in [-0.25, -0.2) is 4.99 Å². The number of aliphatic imine (C=N–C) groups is 1. The third-order valence-electron chi connectivity index (χ3n) is 3.80. The van der Waals surface area contributed by atoms with Gasteiger partial charge in [-0.05, 0) is 28.5 Å². The van der Waals surface area contributed by atoms with Crippen molar-refractivity contribution in [1.82, 2.24) is 0 Å². The van der Waals surface area contributed by atoms with Gasteiger partial charge < -0.3 is 11.5 Å². The molecule has 0 radical (unpaired) electrons. The van der Waals surface area contributed by atoms with Crippen molar-refractivity contribution < 1.29 is 0 Å². The predicted octanol–water partition coefficient (Wildman–Crippen LogP) is 3.62. The van der Waals surface area contributed by atoms with Gasteiger partial charge in [0, 0.05) is 11.1 Å². The van der Waals surface area contributed by atoms with E-state index >= 15 is 0 Å². The lowest BCUT2D eigenvalue weighted by molar-refractivity contribution is 1.43. The molecule has 0 aliphatic carbocycles. The lowest BCUT2D eigenvalue weighted by Crippen LogP contribution is -2.22. The zero-order valence-corrected chi connectivity index (χ0v) is 13.0. The molecule has 3 aromatic rings. The van der Waals surface area contributed by atoms with E-state index in [9.17, 15) is 5.26 Å². The maximum Gasteiger partial charge on any atom is 0.191 e. The Hall–Kier alpha value is -3.58. The molecule has 4 heteroatoms. The van der Waals surface area contributed by atoms with Crippen molar-refractivity contribution >= 4 is 22.4 Å². The molecule has 0 spiro atoms. The van der Waals surface area contributed by atoms with E-state index in [0.717, 1.165) is 27.5 Å². The summed E-state index contributed by atoms with van der Waals surface area (Å²) in [5.41, 5.74) is 14.7. The predicted molar refractivity (Wildman–Crippen MR) is 98.9 cm³/mol. The molecular weight excluding hydrogens is 296 g/mol. The third kappa shape index (κ3) is 2.83. The van der Waals surface area contributed by atoms with E-state index in [4.69, 9.17) is 11.5 Å². The average Bonchev–Trinajstić information content (AvgIpc) is 2.60. The fourth-order valence-electron chi connectivity index (χ4n) is 2.73. The molecule has 4 N–H and O–H groups in total. The van der Waals surface area contributed by atoms with E-state index in [1.165, 1.54) is 0 Å². The van der Waals surface area contributed by atoms with E-state index < -0.39 is 0 Å². The van der Waals surface area contributed by atoms with Crippen LogP contribution in [0.5, 0.6) is 0 Å². The van der Waals surface area contributed by atoms with Crippen LogP contribution < -0.4 is 11.5 Å². The number of fused-ring (bicyclic) bond motifs is 1. The summed E-state index contributed by atoms with van der Waals surface area (Å²) < 4.78 is 0. The molecule has 0 amide bonds. The largest absolute Gasteiger partial charge is 0.370 e. The van der Waals surface area contributed by atoms with E-state index in [0.29, 0.717) is 11.3 Å². The molecule has 3 rings (SSSR count). The summed E-state index contributed by atoms with van der Waals surface area (Å²) in [7, 11) is 0. The lowest BCUT2D eigenvalue weighted by atomic mass is 9.92. The van der Waals surface area contributed by atoms with E-state index in [-0.39, 0.29) is 5.96 Å². The van der Waals surface area contributed by atoms with Gasteiger partial charge in [-0.1, -0.05) is 55.1 Å². The fourth-order valence-corrected chi connectivity index (χ4v) is 2.73. The topological polar surface area (TPSA) is 88.2 Å². The van der Waals surface area contributed by atoms with Crippen molar-refractivity contribution in [3.05, 3.63) is 78.4 Å². The smallest absolute Gasteiger partial charge is 0.191 e. The fraction of sp³-hybridized carbons (Fsp3) is 0. The quantitative estimate of drug-likeness (QED) is 0.572. The normalized spacial score (nSPS) is 10.1. The van der Waals surface area contributed by atoms with Crippen LogP contribution in [0.25, 0.3) is 27.6 Å². The molecule has 24 heavy (non-hydrogen) atoms. The molecule has 0 unspecified atom stereocenters. The van der Waals surface area contributed by atoms with Crippen molar-refractivity contribution in [1.29, 1.82) is 5.26 Å². The van der Waals surface area contributed by atoms with Crippen LogP contribution in [0.4, 0.5) is 0 Å². The number of nitrogens with zero attached hydrogens (tertiary/aromatic N) is 2. The standard InChI is InChI=1S/C20H16N4/c1-13(24-20(22)23)16-9-7-14-8-10-17(12-21)19(18(14)11-16)15-5-3-2-4-6-15/h2-11H,1H2,(H4,22,23,24). The molecule has 0 atom stereocenters. The first kappa shape index (κ1) is 15.3. The summed E-state index contributed by atoms with van der Waals surface area (Å²) in [6.07, 6.45) is 0. The number of hydrogen-bond donors (Lipinski definition) is 2. The molecule has 0 saturated carbocycles. The monoisotopic (exact) mass is 312 g/mol. The summed E-state index contributed by atoms with van der Waals surface area (Å²) in [4.78, 5) is 4.01. The molecule has 0 bridgehead atoms. The number of rotatable bonds is 3. The zero-order chi connectivity index (χ0) is 17.1. The van der Waals surface area contributed by atoms with Crippen molar-refractivity contribution in [3.8, 4) is 17.2 Å². The Morgan fingerprint density at radius 2 is 1.71 bits per heavy atom. The second kappa shape index (κ2) is 6.27. The summed E-state index contributed by atoms with van der Waals surface area (Å²) in [5.74, 6) is -0.0332. The Labute approximate surface area is 140 Å². The Morgan fingerprint density at radius 3 is 2.38 bits per heavy atom. The number of nitriles is 1. The Kier molecular flexibility index (Phi) is 4.00. The molecule has 116 valence electrons. The van der Waals surface area contributed by atoms with Crippen LogP contribution in [0.3, 0.4) is 0 Å². The highest BCUT2D eigenvalue weighted by molar-refractivity contribution is 6.01. The van der Waals surface area contributed by atoms with Crippen molar-refractivity contribution in [2.24, 2.45) is 16.5 Å². The molecule has 0 aliphatic heterocycles. The Morgan fingerprint density at radius 1 is 1.00 bits per heavy atom. The van der Waals surface area contributed by atoms with Gasteiger partial charge in [0.25, 0.3) is 0 Å². The maximum absolute atomic E-state index is 9.51. The first-order chi connectivity index (χ1) is 11.6. The van der Waals surface area contributed by atoms with Crippen LogP contribution in [-0.2, 0) is 0 Å². The van der Waals surface area contributed by atoms with Crippen molar-refractivity contribution in [3.63, 3.8) is 0 Å². The van der Waals surface area contributed by atoms with Crippen molar-refractivity contribution in [2.75, 3.05) is 0 Å². The van der Waals surface area contributed by atoms with Gasteiger partial charge in [0.05, 0.1) is 17.3 Å². The Bertz CT molecular complexity index is 991. The number of guanidine groups is 1. The van der Waals surface area contributed by atoms with Gasteiger partial charge in [-0.15, -0.1) is 0 Å². The second-order valence-corrected chi connectivity index (χ2v) is 5.39. The molecular formula is C20H16N4. The molecule has 3 aromatic carbocycles. The van der Waals surface area contributed by atoms with Crippen LogP contribution in [0.2, 0.25) is 0 Å².